The van der Waals surface area contributed by atoms with E-state index < -0.39 is 0 Å². The van der Waals surface area contributed by atoms with E-state index in [4.69, 9.17) is 9.47 Å². The summed E-state index contributed by atoms with van der Waals surface area (Å²) in [6.45, 7) is 2.90. The molecule has 0 radical (unpaired) electrons. The van der Waals surface area contributed by atoms with Gasteiger partial charge >= 0.3 is 6.03 Å². The van der Waals surface area contributed by atoms with Crippen LogP contribution < -0.4 is 14.8 Å². The van der Waals surface area contributed by atoms with Gasteiger partial charge in [0.1, 0.15) is 11.5 Å². The Balaban J connectivity index is 1.74. The van der Waals surface area contributed by atoms with E-state index in [-0.39, 0.29) is 12.1 Å². The number of amides is 2. The van der Waals surface area contributed by atoms with Crippen LogP contribution in [0.4, 0.5) is 10.5 Å². The molecule has 0 aliphatic carbocycles. The van der Waals surface area contributed by atoms with Crippen molar-refractivity contribution in [3.05, 3.63) is 126 Å². The Labute approximate surface area is 206 Å². The summed E-state index contributed by atoms with van der Waals surface area (Å²) >= 11 is 0. The number of carbonyl (C=O) groups is 1. The Morgan fingerprint density at radius 3 is 1.94 bits per heavy atom. The Kier molecular flexibility index (Phi) is 8.02. The van der Waals surface area contributed by atoms with Crippen LogP contribution in [0.25, 0.3) is 0 Å². The first-order valence-electron chi connectivity index (χ1n) is 11.7. The summed E-state index contributed by atoms with van der Waals surface area (Å²) in [5, 5.41) is 3.08. The highest BCUT2D eigenvalue weighted by molar-refractivity contribution is 5.90. The molecule has 4 aromatic rings. The Morgan fingerprint density at radius 2 is 1.37 bits per heavy atom. The number of urea groups is 1. The number of rotatable bonds is 9. The molecular weight excluding hydrogens is 436 g/mol. The van der Waals surface area contributed by atoms with Crippen molar-refractivity contribution in [2.45, 2.75) is 19.5 Å². The van der Waals surface area contributed by atoms with E-state index in [1.807, 2.05) is 96.8 Å². The average molecular weight is 467 g/mol. The molecule has 0 bridgehead atoms. The number of hydrogen-bond acceptors (Lipinski definition) is 3. The lowest BCUT2D eigenvalue weighted by molar-refractivity contribution is 0.193. The number of nitrogens with zero attached hydrogens (tertiary/aromatic N) is 1. The van der Waals surface area contributed by atoms with Gasteiger partial charge < -0.3 is 19.7 Å². The Bertz CT molecular complexity index is 1170. The molecule has 0 fully saturated rings. The van der Waals surface area contributed by atoms with Crippen molar-refractivity contribution in [1.82, 2.24) is 4.90 Å². The number of hydrogen-bond donors (Lipinski definition) is 1. The number of benzene rings is 4. The second-order valence-electron chi connectivity index (χ2n) is 8.05. The molecule has 0 aromatic heterocycles. The molecule has 4 rings (SSSR count). The van der Waals surface area contributed by atoms with Gasteiger partial charge in [-0.1, -0.05) is 78.9 Å². The minimum Gasteiger partial charge on any atom is -0.496 e. The number of para-hydroxylation sites is 1. The maximum absolute atomic E-state index is 13.9. The lowest BCUT2D eigenvalue weighted by Crippen LogP contribution is -2.38. The van der Waals surface area contributed by atoms with E-state index in [2.05, 4.69) is 29.6 Å². The Morgan fingerprint density at radius 1 is 0.800 bits per heavy atom. The summed E-state index contributed by atoms with van der Waals surface area (Å²) in [6, 6.07) is 34.9. The highest BCUT2D eigenvalue weighted by atomic mass is 16.5. The number of nitrogens with one attached hydrogen (secondary N) is 1. The van der Waals surface area contributed by atoms with E-state index >= 15 is 0 Å². The fraction of sp³-hybridized carbons (Fsp3) is 0.167. The van der Waals surface area contributed by atoms with Crippen molar-refractivity contribution in [2.75, 3.05) is 19.0 Å². The molecule has 0 heterocycles. The summed E-state index contributed by atoms with van der Waals surface area (Å²) in [5.41, 5.74) is 3.67. The molecular formula is C30H30N2O3. The summed E-state index contributed by atoms with van der Waals surface area (Å²) in [5.74, 6) is 1.51. The SMILES string of the molecule is CCOc1ccc(NC(=O)N(Cc2ccccc2OC)C(c2ccccc2)c2ccccc2)cc1. The first-order valence-corrected chi connectivity index (χ1v) is 11.7. The summed E-state index contributed by atoms with van der Waals surface area (Å²) < 4.78 is 11.1. The molecule has 0 aliphatic heterocycles. The van der Waals surface area contributed by atoms with Crippen LogP contribution in [0, 0.1) is 0 Å². The third-order valence-electron chi connectivity index (χ3n) is 5.75. The van der Waals surface area contributed by atoms with Gasteiger partial charge in [-0.25, -0.2) is 4.79 Å². The number of carbonyl (C=O) groups excluding carboxylic acids is 1. The van der Waals surface area contributed by atoms with Gasteiger partial charge in [0, 0.05) is 11.3 Å². The molecule has 2 amide bonds. The van der Waals surface area contributed by atoms with Crippen molar-refractivity contribution in [3.63, 3.8) is 0 Å². The standard InChI is InChI=1S/C30H30N2O3/c1-3-35-27-20-18-26(19-21-27)31-30(33)32(22-25-16-10-11-17-28(25)34-2)29(23-12-6-4-7-13-23)24-14-8-5-9-15-24/h4-21,29H,3,22H2,1-2H3,(H,31,33). The van der Waals surface area contributed by atoms with Crippen LogP contribution in [0.5, 0.6) is 11.5 Å². The molecule has 0 spiro atoms. The molecule has 0 saturated carbocycles. The lowest BCUT2D eigenvalue weighted by Gasteiger charge is -2.33. The average Bonchev–Trinajstić information content (AvgIpc) is 2.91. The fourth-order valence-corrected chi connectivity index (χ4v) is 4.12. The number of ether oxygens (including phenoxy) is 2. The first-order chi connectivity index (χ1) is 17.2. The molecule has 0 atom stereocenters. The zero-order valence-corrected chi connectivity index (χ0v) is 20.1. The smallest absolute Gasteiger partial charge is 0.322 e. The highest BCUT2D eigenvalue weighted by Crippen LogP contribution is 2.32. The van der Waals surface area contributed by atoms with Gasteiger partial charge in [0.15, 0.2) is 0 Å². The molecule has 5 heteroatoms. The largest absolute Gasteiger partial charge is 0.496 e. The molecule has 1 N–H and O–H groups in total. The normalized spacial score (nSPS) is 10.6. The third kappa shape index (κ3) is 6.01. The van der Waals surface area contributed by atoms with Crippen LogP contribution in [0.1, 0.15) is 29.7 Å². The van der Waals surface area contributed by atoms with E-state index in [0.717, 1.165) is 28.2 Å². The molecule has 0 unspecified atom stereocenters. The van der Waals surface area contributed by atoms with Gasteiger partial charge in [-0.3, -0.25) is 0 Å². The predicted octanol–water partition coefficient (Wildman–Crippen LogP) is 6.92. The highest BCUT2D eigenvalue weighted by Gasteiger charge is 2.28. The maximum atomic E-state index is 13.9. The summed E-state index contributed by atoms with van der Waals surface area (Å²) in [7, 11) is 1.65. The summed E-state index contributed by atoms with van der Waals surface area (Å²) in [6.07, 6.45) is 0. The molecule has 5 nitrogen and oxygen atoms in total. The van der Waals surface area contributed by atoms with Gasteiger partial charge in [0.2, 0.25) is 0 Å². The Hall–Kier alpha value is -4.25. The van der Waals surface area contributed by atoms with Gasteiger partial charge in [0.25, 0.3) is 0 Å². The zero-order valence-electron chi connectivity index (χ0n) is 20.1. The topological polar surface area (TPSA) is 50.8 Å². The van der Waals surface area contributed by atoms with Crippen molar-refractivity contribution >= 4 is 11.7 Å². The van der Waals surface area contributed by atoms with Crippen LogP contribution in [0.15, 0.2) is 109 Å². The maximum Gasteiger partial charge on any atom is 0.322 e. The molecule has 178 valence electrons. The zero-order chi connectivity index (χ0) is 24.5. The van der Waals surface area contributed by atoms with Crippen LogP contribution in [0.3, 0.4) is 0 Å². The predicted molar refractivity (Wildman–Crippen MR) is 140 cm³/mol. The van der Waals surface area contributed by atoms with Gasteiger partial charge in [0.05, 0.1) is 26.3 Å². The molecule has 0 saturated heterocycles. The third-order valence-corrected chi connectivity index (χ3v) is 5.75. The van der Waals surface area contributed by atoms with Crippen molar-refractivity contribution in [2.24, 2.45) is 0 Å². The van der Waals surface area contributed by atoms with Crippen LogP contribution >= 0.6 is 0 Å². The first kappa shape index (κ1) is 23.9. The second-order valence-corrected chi connectivity index (χ2v) is 8.05. The van der Waals surface area contributed by atoms with Crippen LogP contribution in [-0.4, -0.2) is 24.6 Å². The minimum absolute atomic E-state index is 0.210. The summed E-state index contributed by atoms with van der Waals surface area (Å²) in [4.78, 5) is 15.7. The van der Waals surface area contributed by atoms with Crippen molar-refractivity contribution < 1.29 is 14.3 Å². The fourth-order valence-electron chi connectivity index (χ4n) is 4.12. The van der Waals surface area contributed by atoms with Crippen molar-refractivity contribution in [3.8, 4) is 11.5 Å². The molecule has 0 aliphatic rings. The van der Waals surface area contributed by atoms with Crippen LogP contribution in [0.2, 0.25) is 0 Å². The van der Waals surface area contributed by atoms with Crippen molar-refractivity contribution in [1.29, 1.82) is 0 Å². The van der Waals surface area contributed by atoms with E-state index in [1.54, 1.807) is 7.11 Å². The van der Waals surface area contributed by atoms with Gasteiger partial charge in [-0.15, -0.1) is 0 Å². The van der Waals surface area contributed by atoms with E-state index in [9.17, 15) is 4.79 Å². The molecule has 35 heavy (non-hydrogen) atoms. The van der Waals surface area contributed by atoms with Gasteiger partial charge in [-0.05, 0) is 48.4 Å². The number of anilines is 1. The quantitative estimate of drug-likeness (QED) is 0.291. The van der Waals surface area contributed by atoms with E-state index in [0.29, 0.717) is 18.8 Å². The lowest BCUT2D eigenvalue weighted by atomic mass is 9.96. The monoisotopic (exact) mass is 466 g/mol. The van der Waals surface area contributed by atoms with E-state index in [1.165, 1.54) is 0 Å². The molecule has 4 aromatic carbocycles. The second kappa shape index (κ2) is 11.7. The van der Waals surface area contributed by atoms with Gasteiger partial charge in [-0.2, -0.15) is 0 Å². The number of methoxy groups -OCH3 is 1. The van der Waals surface area contributed by atoms with Crippen LogP contribution in [-0.2, 0) is 6.54 Å². The minimum atomic E-state index is -0.301.